The van der Waals surface area contributed by atoms with Crippen LogP contribution in [-0.2, 0) is 56.9 Å². The van der Waals surface area contributed by atoms with Crippen LogP contribution < -0.4 is 17.5 Å². The molecule has 0 aliphatic rings. The molecule has 0 aliphatic carbocycles. The van der Waals surface area contributed by atoms with Crippen LogP contribution >= 0.6 is 0 Å². The minimum atomic E-state index is -6.09. The number of nitrogens with zero attached hydrogens (tertiary/aromatic N) is 2. The summed E-state index contributed by atoms with van der Waals surface area (Å²) in [6, 6.07) is 18.1. The van der Waals surface area contributed by atoms with Crippen LogP contribution in [0.1, 0.15) is 0 Å². The Morgan fingerprint density at radius 1 is 0.475 bits per heavy atom. The third kappa shape index (κ3) is 14.6. The summed E-state index contributed by atoms with van der Waals surface area (Å²) in [6.45, 7) is 6.94. The van der Waals surface area contributed by atoms with E-state index in [1.165, 1.54) is 21.3 Å². The lowest BCUT2D eigenvalue weighted by atomic mass is 10.2. The summed E-state index contributed by atoms with van der Waals surface area (Å²) >= 11 is 0. The monoisotopic (exact) mass is 1010 g/mol. The van der Waals surface area contributed by atoms with Gasteiger partial charge in [0.25, 0.3) is 0 Å². The number of alkyl halides is 12. The van der Waals surface area contributed by atoms with E-state index < -0.39 is 90.9 Å². The van der Waals surface area contributed by atoms with Crippen molar-refractivity contribution < 1.29 is 117 Å². The highest BCUT2D eigenvalue weighted by molar-refractivity contribution is 7.88. The summed E-state index contributed by atoms with van der Waals surface area (Å²) in [5.41, 5.74) is -21.9. The average molecular weight is 1010 g/mol. The lowest BCUT2D eigenvalue weighted by Gasteiger charge is -2.30. The molecule has 0 fully saturated rings. The number of hydrogen-bond acceptors (Lipinski definition) is 13. The zero-order valence-corrected chi connectivity index (χ0v) is 36.0. The lowest BCUT2D eigenvalue weighted by Crippen LogP contribution is -2.59. The number of pyridine rings is 2. The van der Waals surface area contributed by atoms with Crippen LogP contribution in [0, 0.1) is 0 Å². The molecule has 4 aromatic rings. The van der Waals surface area contributed by atoms with Crippen molar-refractivity contribution >= 4 is 78.9 Å². The second-order valence-corrected chi connectivity index (χ2v) is 27.3. The molecule has 2 aromatic heterocycles. The largest absolute Gasteiger partial charge is 0.741 e. The van der Waals surface area contributed by atoms with Crippen LogP contribution in [0.5, 0.6) is 11.8 Å². The highest BCUT2D eigenvalue weighted by Gasteiger charge is 2.52. The van der Waals surface area contributed by atoms with E-state index in [4.69, 9.17) is 30.1 Å². The Hall–Kier alpha value is -3.87. The fourth-order valence-electron chi connectivity index (χ4n) is 4.85. The molecule has 15 nitrogen and oxygen atoms in total. The minimum Gasteiger partial charge on any atom is -0.741 e. The Kier molecular flexibility index (Phi) is 15.8. The summed E-state index contributed by atoms with van der Waals surface area (Å²) in [4.78, 5) is 0. The summed E-state index contributed by atoms with van der Waals surface area (Å²) in [5, 5.41) is 1.16. The summed E-state index contributed by atoms with van der Waals surface area (Å²) in [5.74, 6) is -1.18. The summed E-state index contributed by atoms with van der Waals surface area (Å²) in [7, 11) is -30.3. The zero-order chi connectivity index (χ0) is 47.6. The van der Waals surface area contributed by atoms with Gasteiger partial charge in [-0.05, 0) is 50.5 Å². The standard InChI is InChI=1S/C26H28F6N2O7S2Si2.2CHF3O3S/c1-44(2,17-33-21-11-7-5-9-19(21)13-15-23(33)39-42(35,36)25(27,28)29)41-45(3,4)18-34-22-12-8-6-10-20(22)14-16-24(34)40-43(37,38)26(30,31)32;2*2-1(3,4)8(5,6)7/h5-16H,17-18H2,1-4H3;2*(H,5,6,7)/q+2;;/p-2. The normalized spacial score (nSPS) is 13.8. The number of hydrogen-bond donors (Lipinski definition) is 0. The van der Waals surface area contributed by atoms with Crippen LogP contribution in [0.3, 0.4) is 0 Å². The maximum absolute atomic E-state index is 13.2. The Morgan fingerprint density at radius 2 is 0.738 bits per heavy atom. The molecule has 61 heavy (non-hydrogen) atoms. The Bertz CT molecular complexity index is 2490. The van der Waals surface area contributed by atoms with E-state index in [2.05, 4.69) is 8.37 Å². The topological polar surface area (TPSA) is 218 Å². The van der Waals surface area contributed by atoms with Crippen molar-refractivity contribution in [3.8, 4) is 11.8 Å². The second kappa shape index (κ2) is 18.1. The van der Waals surface area contributed by atoms with E-state index in [0.29, 0.717) is 21.8 Å². The first-order valence-electron chi connectivity index (χ1n) is 15.6. The summed E-state index contributed by atoms with van der Waals surface area (Å²) in [6.07, 6.45) is -0.168. The van der Waals surface area contributed by atoms with Crippen LogP contribution in [0.25, 0.3) is 21.8 Å². The Morgan fingerprint density at radius 3 is 0.984 bits per heavy atom. The maximum atomic E-state index is 13.2. The van der Waals surface area contributed by atoms with Gasteiger partial charge in [0.05, 0.1) is 12.1 Å². The van der Waals surface area contributed by atoms with E-state index >= 15 is 0 Å². The summed E-state index contributed by atoms with van der Waals surface area (Å²) < 4.78 is 263. The van der Waals surface area contributed by atoms with Gasteiger partial charge in [0.15, 0.2) is 32.6 Å². The van der Waals surface area contributed by atoms with Gasteiger partial charge in [0.2, 0.25) is 27.7 Å². The molecule has 0 bridgehead atoms. The van der Waals surface area contributed by atoms with Crippen molar-refractivity contribution in [2.75, 3.05) is 0 Å². The van der Waals surface area contributed by atoms with Gasteiger partial charge in [0.1, 0.15) is 0 Å². The predicted molar refractivity (Wildman–Crippen MR) is 187 cm³/mol. The first kappa shape index (κ1) is 53.3. The number of aromatic nitrogens is 2. The molecule has 0 unspecified atom stereocenters. The molecule has 2 heterocycles. The van der Waals surface area contributed by atoms with Gasteiger partial charge in [-0.1, -0.05) is 24.3 Å². The van der Waals surface area contributed by atoms with E-state index in [0.717, 1.165) is 12.1 Å². The van der Waals surface area contributed by atoms with Gasteiger partial charge < -0.3 is 21.6 Å². The molecule has 0 atom stereocenters. The molecular formula is C28H28F12N2O13S4Si2. The Balaban J connectivity index is 0.000000675. The quantitative estimate of drug-likeness (QED) is 0.0491. The van der Waals surface area contributed by atoms with Gasteiger partial charge in [-0.2, -0.15) is 78.7 Å². The molecular weight excluding hydrogens is 985 g/mol. The van der Waals surface area contributed by atoms with Gasteiger partial charge in [-0.15, -0.1) is 0 Å². The van der Waals surface area contributed by atoms with Gasteiger partial charge in [-0.25, -0.2) is 16.8 Å². The molecule has 0 saturated heterocycles. The molecule has 4 rings (SSSR count). The molecule has 0 spiro atoms. The van der Waals surface area contributed by atoms with Crippen molar-refractivity contribution in [1.29, 1.82) is 0 Å². The highest BCUT2D eigenvalue weighted by Crippen LogP contribution is 2.29. The molecule has 0 radical (unpaired) electrons. The van der Waals surface area contributed by atoms with Crippen molar-refractivity contribution in [2.24, 2.45) is 0 Å². The van der Waals surface area contributed by atoms with Crippen LogP contribution in [0.2, 0.25) is 26.2 Å². The molecule has 344 valence electrons. The SMILES string of the molecule is C[Si](C)(C[n+]1c(OS(=O)(=O)C(F)(F)F)ccc2ccccc21)O[Si](C)(C)C[n+]1c(OS(=O)(=O)C(F)(F)F)ccc2ccccc21.O=S(=O)([O-])C(F)(F)F.O=S(=O)([O-])C(F)(F)F. The number of halogens is 12. The number of para-hydroxylation sites is 2. The van der Waals surface area contributed by atoms with Crippen molar-refractivity contribution in [3.05, 3.63) is 72.8 Å². The van der Waals surface area contributed by atoms with E-state index in [-0.39, 0.29) is 12.3 Å². The number of benzene rings is 2. The second-order valence-electron chi connectivity index (χ2n) is 13.0. The van der Waals surface area contributed by atoms with Crippen molar-refractivity contribution in [1.82, 2.24) is 0 Å². The van der Waals surface area contributed by atoms with Gasteiger partial charge in [-0.3, -0.25) is 0 Å². The minimum absolute atomic E-state index is 0.0838. The number of rotatable bonds is 10. The smallest absolute Gasteiger partial charge is 0.534 e. The average Bonchev–Trinajstić information content (AvgIpc) is 3.04. The van der Waals surface area contributed by atoms with Crippen molar-refractivity contribution in [3.63, 3.8) is 0 Å². The fourth-order valence-corrected chi connectivity index (χ4v) is 14.5. The van der Waals surface area contributed by atoms with E-state index in [1.54, 1.807) is 74.7 Å². The third-order valence-corrected chi connectivity index (χ3v) is 16.6. The first-order chi connectivity index (χ1) is 27.0. The molecule has 0 amide bonds. The molecule has 2 aromatic carbocycles. The molecule has 0 aliphatic heterocycles. The van der Waals surface area contributed by atoms with Crippen LogP contribution in [0.15, 0.2) is 72.8 Å². The Labute approximate surface area is 340 Å². The zero-order valence-electron chi connectivity index (χ0n) is 30.7. The molecule has 0 saturated carbocycles. The number of fused-ring (bicyclic) bond motifs is 2. The van der Waals surface area contributed by atoms with Gasteiger partial charge >= 0.3 is 54.0 Å². The lowest BCUT2D eigenvalue weighted by molar-refractivity contribution is -0.660. The predicted octanol–water partition coefficient (Wildman–Crippen LogP) is 5.33. The van der Waals surface area contributed by atoms with Crippen LogP contribution in [-0.4, -0.2) is 81.4 Å². The maximum Gasteiger partial charge on any atom is 0.534 e. The van der Waals surface area contributed by atoms with E-state index in [1.807, 2.05) is 0 Å². The third-order valence-electron chi connectivity index (χ3n) is 6.95. The highest BCUT2D eigenvalue weighted by atomic mass is 32.2. The van der Waals surface area contributed by atoms with Crippen LogP contribution in [0.4, 0.5) is 52.7 Å². The fraction of sp³-hybridized carbons (Fsp3) is 0.357. The van der Waals surface area contributed by atoms with Crippen molar-refractivity contribution in [2.45, 2.75) is 60.6 Å². The van der Waals surface area contributed by atoms with E-state index in [9.17, 15) is 69.5 Å². The molecule has 33 heteroatoms. The van der Waals surface area contributed by atoms with Gasteiger partial charge in [0, 0.05) is 22.9 Å². The first-order valence-corrected chi connectivity index (χ1v) is 27.5. The molecule has 0 N–H and O–H groups in total.